The topological polar surface area (TPSA) is 66.4 Å². The molecule has 0 atom stereocenters. The number of hydrogen-bond donors (Lipinski definition) is 2. The molecule has 1 amide bonds. The number of anilines is 1. The molecule has 1 aromatic rings. The van der Waals surface area contributed by atoms with Crippen LogP contribution < -0.4 is 5.32 Å². The molecule has 0 aliphatic heterocycles. The number of carboxylic acids is 1. The molecule has 0 bridgehead atoms. The maximum atomic E-state index is 12.6. The zero-order valence-corrected chi connectivity index (χ0v) is 11.6. The Kier molecular flexibility index (Phi) is 6.02. The molecule has 0 saturated heterocycles. The number of nitrogens with one attached hydrogen (secondary N) is 1. The Bertz CT molecular complexity index is 532. The first-order valence-corrected chi connectivity index (χ1v) is 6.45. The van der Waals surface area contributed by atoms with E-state index in [1.807, 2.05) is 0 Å². The molecule has 0 spiro atoms. The Morgan fingerprint density at radius 2 is 1.76 bits per heavy atom. The number of halogens is 4. The number of hydrogen-bond acceptors (Lipinski definition) is 2. The van der Waals surface area contributed by atoms with Crippen molar-refractivity contribution in [2.24, 2.45) is 0 Å². The van der Waals surface area contributed by atoms with Crippen LogP contribution in [0.15, 0.2) is 18.2 Å². The van der Waals surface area contributed by atoms with Crippen LogP contribution in [0.3, 0.4) is 0 Å². The third-order valence-corrected chi connectivity index (χ3v) is 2.77. The molecule has 0 fully saturated rings. The van der Waals surface area contributed by atoms with Crippen LogP contribution in [0, 0.1) is 0 Å². The summed E-state index contributed by atoms with van der Waals surface area (Å²) in [6, 6.07) is 2.77. The van der Waals surface area contributed by atoms with Gasteiger partial charge in [-0.25, -0.2) is 0 Å². The molecule has 1 rings (SSSR count). The summed E-state index contributed by atoms with van der Waals surface area (Å²) in [6.07, 6.45) is -3.91. The van der Waals surface area contributed by atoms with Gasteiger partial charge >= 0.3 is 12.1 Å². The predicted molar refractivity (Wildman–Crippen MR) is 71.2 cm³/mol. The van der Waals surface area contributed by atoms with E-state index in [9.17, 15) is 22.8 Å². The Morgan fingerprint density at radius 3 is 2.33 bits per heavy atom. The summed E-state index contributed by atoms with van der Waals surface area (Å²) in [5.74, 6) is -1.45. The van der Waals surface area contributed by atoms with Crippen LogP contribution in [0.2, 0.25) is 5.02 Å². The van der Waals surface area contributed by atoms with Gasteiger partial charge in [-0.2, -0.15) is 13.2 Å². The summed E-state index contributed by atoms with van der Waals surface area (Å²) in [4.78, 5) is 21.8. The van der Waals surface area contributed by atoms with Crippen molar-refractivity contribution < 1.29 is 27.9 Å². The van der Waals surface area contributed by atoms with Crippen molar-refractivity contribution >= 4 is 29.2 Å². The molecule has 0 aliphatic carbocycles. The Morgan fingerprint density at radius 1 is 1.14 bits per heavy atom. The molecule has 0 unspecified atom stereocenters. The van der Waals surface area contributed by atoms with Gasteiger partial charge in [0.05, 0.1) is 5.56 Å². The van der Waals surface area contributed by atoms with Gasteiger partial charge in [0.2, 0.25) is 5.91 Å². The average molecular weight is 324 g/mol. The molecule has 2 N–H and O–H groups in total. The van der Waals surface area contributed by atoms with E-state index in [4.69, 9.17) is 16.7 Å². The molecule has 0 saturated carbocycles. The molecule has 21 heavy (non-hydrogen) atoms. The predicted octanol–water partition coefficient (Wildman–Crippen LogP) is 3.94. The Hall–Kier alpha value is -1.76. The lowest BCUT2D eigenvalue weighted by atomic mass is 10.1. The van der Waals surface area contributed by atoms with Crippen LogP contribution in [-0.2, 0) is 15.8 Å². The third-order valence-electron chi connectivity index (χ3n) is 2.55. The van der Waals surface area contributed by atoms with Gasteiger partial charge in [-0.3, -0.25) is 9.59 Å². The number of rotatable bonds is 6. The Balaban J connectivity index is 2.60. The van der Waals surface area contributed by atoms with Gasteiger partial charge in [0, 0.05) is 23.6 Å². The van der Waals surface area contributed by atoms with Crippen LogP contribution in [0.1, 0.15) is 31.2 Å². The maximum Gasteiger partial charge on any atom is 0.416 e. The number of aliphatic carboxylic acids is 1. The highest BCUT2D eigenvalue weighted by molar-refractivity contribution is 6.31. The molecule has 0 radical (unpaired) electrons. The Labute approximate surface area is 123 Å². The highest BCUT2D eigenvalue weighted by Gasteiger charge is 2.31. The summed E-state index contributed by atoms with van der Waals surface area (Å²) in [5, 5.41) is 10.6. The monoisotopic (exact) mass is 323 g/mol. The molecule has 116 valence electrons. The van der Waals surface area contributed by atoms with E-state index in [-0.39, 0.29) is 23.6 Å². The van der Waals surface area contributed by atoms with Gasteiger partial charge in [0.1, 0.15) is 0 Å². The smallest absolute Gasteiger partial charge is 0.416 e. The summed E-state index contributed by atoms with van der Waals surface area (Å²) in [6.45, 7) is 0. The van der Waals surface area contributed by atoms with Crippen molar-refractivity contribution in [3.63, 3.8) is 0 Å². The van der Waals surface area contributed by atoms with Crippen molar-refractivity contribution in [1.82, 2.24) is 0 Å². The van der Waals surface area contributed by atoms with Crippen LogP contribution >= 0.6 is 11.6 Å². The molecule has 4 nitrogen and oxygen atoms in total. The molecule has 0 heterocycles. The molecule has 0 aromatic heterocycles. The third kappa shape index (κ3) is 6.48. The van der Waals surface area contributed by atoms with E-state index in [0.717, 1.165) is 12.1 Å². The highest BCUT2D eigenvalue weighted by atomic mass is 35.5. The minimum atomic E-state index is -4.55. The van der Waals surface area contributed by atoms with Crippen molar-refractivity contribution in [2.75, 3.05) is 5.32 Å². The van der Waals surface area contributed by atoms with Gasteiger partial charge in [0.15, 0.2) is 0 Å². The van der Waals surface area contributed by atoms with Crippen molar-refractivity contribution in [3.8, 4) is 0 Å². The summed E-state index contributed by atoms with van der Waals surface area (Å²) >= 11 is 5.58. The van der Waals surface area contributed by atoms with Crippen LogP contribution in [0.25, 0.3) is 0 Å². The summed E-state index contributed by atoms with van der Waals surface area (Å²) in [7, 11) is 0. The number of carbonyl (C=O) groups excluding carboxylic acids is 1. The minimum absolute atomic E-state index is 0.0289. The number of unbranched alkanes of at least 4 members (excludes halogenated alkanes) is 1. The number of carbonyl (C=O) groups is 2. The van der Waals surface area contributed by atoms with Crippen LogP contribution in [-0.4, -0.2) is 17.0 Å². The summed E-state index contributed by atoms with van der Waals surface area (Å²) in [5.41, 5.74) is -0.991. The first-order chi connectivity index (χ1) is 9.68. The maximum absolute atomic E-state index is 12.6. The number of alkyl halides is 3. The second kappa shape index (κ2) is 7.31. The lowest BCUT2D eigenvalue weighted by Crippen LogP contribution is -2.13. The zero-order chi connectivity index (χ0) is 16.0. The molecule has 0 aliphatic rings. The lowest BCUT2D eigenvalue weighted by Gasteiger charge is -2.11. The second-order valence-corrected chi connectivity index (χ2v) is 4.81. The van der Waals surface area contributed by atoms with E-state index in [0.29, 0.717) is 12.8 Å². The number of benzene rings is 1. The van der Waals surface area contributed by atoms with E-state index in [2.05, 4.69) is 5.32 Å². The van der Waals surface area contributed by atoms with E-state index in [1.54, 1.807) is 0 Å². The molecular weight excluding hydrogens is 311 g/mol. The number of carboxylic acid groups (broad SMARTS) is 1. The van der Waals surface area contributed by atoms with Gasteiger partial charge in [-0.15, -0.1) is 0 Å². The fraction of sp³-hybridized carbons (Fsp3) is 0.385. The van der Waals surface area contributed by atoms with Crippen LogP contribution in [0.4, 0.5) is 18.9 Å². The SMILES string of the molecule is O=C(O)CCCCC(=O)Nc1cc(Cl)cc(C(F)(F)F)c1. The standard InChI is InChI=1S/C13H13ClF3NO3/c14-9-5-8(13(15,16)17)6-10(7-9)18-11(19)3-1-2-4-12(20)21/h5-7H,1-4H2,(H,18,19)(H,20,21). The molecule has 8 heteroatoms. The van der Waals surface area contributed by atoms with Crippen LogP contribution in [0.5, 0.6) is 0 Å². The van der Waals surface area contributed by atoms with Crippen molar-refractivity contribution in [1.29, 1.82) is 0 Å². The van der Waals surface area contributed by atoms with Gasteiger partial charge in [-0.05, 0) is 31.0 Å². The molecule has 1 aromatic carbocycles. The summed E-state index contributed by atoms with van der Waals surface area (Å²) < 4.78 is 37.7. The fourth-order valence-corrected chi connectivity index (χ4v) is 1.85. The van der Waals surface area contributed by atoms with Gasteiger partial charge in [0.25, 0.3) is 0 Å². The molecular formula is C13H13ClF3NO3. The fourth-order valence-electron chi connectivity index (χ4n) is 1.61. The lowest BCUT2D eigenvalue weighted by molar-refractivity contribution is -0.138. The highest BCUT2D eigenvalue weighted by Crippen LogP contribution is 2.33. The van der Waals surface area contributed by atoms with E-state index >= 15 is 0 Å². The van der Waals surface area contributed by atoms with Crippen molar-refractivity contribution in [2.45, 2.75) is 31.9 Å². The van der Waals surface area contributed by atoms with E-state index in [1.165, 1.54) is 6.07 Å². The first kappa shape index (κ1) is 17.3. The van der Waals surface area contributed by atoms with Gasteiger partial charge < -0.3 is 10.4 Å². The van der Waals surface area contributed by atoms with Gasteiger partial charge in [-0.1, -0.05) is 11.6 Å². The minimum Gasteiger partial charge on any atom is -0.481 e. The van der Waals surface area contributed by atoms with Crippen molar-refractivity contribution in [3.05, 3.63) is 28.8 Å². The second-order valence-electron chi connectivity index (χ2n) is 4.38. The number of amides is 1. The first-order valence-electron chi connectivity index (χ1n) is 6.08. The van der Waals surface area contributed by atoms with E-state index < -0.39 is 23.6 Å². The average Bonchev–Trinajstić information content (AvgIpc) is 2.32. The zero-order valence-electron chi connectivity index (χ0n) is 10.8. The largest absolute Gasteiger partial charge is 0.481 e. The quantitative estimate of drug-likeness (QED) is 0.779. The normalized spacial score (nSPS) is 11.2.